The number of rotatable bonds is 6. The molecule has 0 saturated heterocycles. The van der Waals surface area contributed by atoms with E-state index < -0.39 is 5.97 Å². The molecule has 0 fully saturated rings. The number of esters is 1. The maximum Gasteiger partial charge on any atom is 0.312 e. The number of aromatic nitrogens is 3. The first-order valence-electron chi connectivity index (χ1n) is 9.70. The van der Waals surface area contributed by atoms with Crippen LogP contribution in [0.2, 0.25) is 0 Å². The Hall–Kier alpha value is -3.19. The molecule has 0 aliphatic carbocycles. The molecule has 154 valence electrons. The summed E-state index contributed by atoms with van der Waals surface area (Å²) in [5, 5.41) is 1.93. The highest BCUT2D eigenvalue weighted by molar-refractivity contribution is 7.15. The van der Waals surface area contributed by atoms with Crippen LogP contribution in [0.4, 0.5) is 0 Å². The van der Waals surface area contributed by atoms with Crippen LogP contribution in [-0.4, -0.2) is 32.3 Å². The second kappa shape index (κ2) is 7.91. The van der Waals surface area contributed by atoms with Crippen LogP contribution in [0.3, 0.4) is 0 Å². The lowest BCUT2D eigenvalue weighted by molar-refractivity contribution is -0.141. The van der Waals surface area contributed by atoms with E-state index in [0.29, 0.717) is 11.3 Å². The molecular weight excluding hydrogens is 398 g/mol. The van der Waals surface area contributed by atoms with Crippen molar-refractivity contribution in [3.05, 3.63) is 75.8 Å². The van der Waals surface area contributed by atoms with Crippen LogP contribution in [0.25, 0.3) is 10.6 Å². The molecule has 0 bridgehead atoms. The van der Waals surface area contributed by atoms with Crippen LogP contribution in [0, 0.1) is 27.7 Å². The van der Waals surface area contributed by atoms with Gasteiger partial charge in [0.25, 0.3) is 0 Å². The van der Waals surface area contributed by atoms with Gasteiger partial charge in [0.15, 0.2) is 11.6 Å². The number of aryl methyl sites for hydroxylation is 3. The van der Waals surface area contributed by atoms with Gasteiger partial charge in [-0.15, -0.1) is 11.3 Å². The van der Waals surface area contributed by atoms with Crippen LogP contribution in [0.5, 0.6) is 0 Å². The number of ether oxygens (including phenoxy) is 1. The maximum atomic E-state index is 12.7. The number of carbonyl (C=O) groups is 2. The number of hydrogen-bond acceptors (Lipinski definition) is 5. The van der Waals surface area contributed by atoms with Gasteiger partial charge < -0.3 is 9.30 Å². The Kier molecular flexibility index (Phi) is 5.30. The largest absolute Gasteiger partial charge is 0.457 e. The minimum Gasteiger partial charge on any atom is -0.457 e. The highest BCUT2D eigenvalue weighted by Gasteiger charge is 2.19. The zero-order chi connectivity index (χ0) is 21.4. The summed E-state index contributed by atoms with van der Waals surface area (Å²) in [6, 6.07) is 8.09. The minimum atomic E-state index is -0.461. The highest BCUT2D eigenvalue weighted by Crippen LogP contribution is 2.23. The van der Waals surface area contributed by atoms with E-state index in [1.165, 1.54) is 22.5 Å². The van der Waals surface area contributed by atoms with Gasteiger partial charge >= 0.3 is 5.97 Å². The Morgan fingerprint density at radius 2 is 1.90 bits per heavy atom. The lowest BCUT2D eigenvalue weighted by Gasteiger charge is -2.12. The van der Waals surface area contributed by atoms with Gasteiger partial charge in [-0.2, -0.15) is 0 Å². The number of imidazole rings is 1. The average Bonchev–Trinajstić information content (AvgIpc) is 3.36. The van der Waals surface area contributed by atoms with Gasteiger partial charge in [-0.05, 0) is 57.0 Å². The molecule has 7 heteroatoms. The minimum absolute atomic E-state index is 0.0450. The number of benzene rings is 1. The van der Waals surface area contributed by atoms with Gasteiger partial charge in [0.1, 0.15) is 0 Å². The van der Waals surface area contributed by atoms with Crippen molar-refractivity contribution in [1.29, 1.82) is 0 Å². The predicted molar refractivity (Wildman–Crippen MR) is 117 cm³/mol. The molecule has 0 N–H and O–H groups in total. The monoisotopic (exact) mass is 421 g/mol. The third kappa shape index (κ3) is 3.80. The number of thiazole rings is 1. The highest BCUT2D eigenvalue weighted by atomic mass is 32.1. The van der Waals surface area contributed by atoms with Gasteiger partial charge in [0.05, 0.1) is 12.1 Å². The van der Waals surface area contributed by atoms with Crippen LogP contribution in [-0.2, 0) is 16.0 Å². The van der Waals surface area contributed by atoms with Crippen molar-refractivity contribution in [1.82, 2.24) is 14.0 Å². The molecule has 0 unspecified atom stereocenters. The fourth-order valence-corrected chi connectivity index (χ4v) is 4.31. The van der Waals surface area contributed by atoms with E-state index in [2.05, 4.69) is 35.5 Å². The first-order chi connectivity index (χ1) is 14.3. The third-order valence-electron chi connectivity index (χ3n) is 5.31. The van der Waals surface area contributed by atoms with Crippen molar-refractivity contribution in [3.8, 4) is 5.69 Å². The van der Waals surface area contributed by atoms with Crippen LogP contribution >= 0.6 is 11.3 Å². The van der Waals surface area contributed by atoms with E-state index in [4.69, 9.17) is 4.74 Å². The molecule has 0 spiro atoms. The maximum absolute atomic E-state index is 12.7. The second-order valence-electron chi connectivity index (χ2n) is 7.47. The molecule has 30 heavy (non-hydrogen) atoms. The summed E-state index contributed by atoms with van der Waals surface area (Å²) >= 11 is 1.50. The number of carbonyl (C=O) groups excluding carboxylic acids is 2. The van der Waals surface area contributed by atoms with Crippen LogP contribution < -0.4 is 0 Å². The SMILES string of the molecule is Cc1ccc(-n2c(C)cc(C(=O)COC(=O)Cc3cn4ccsc4n3)c2C)cc1C. The molecule has 3 heterocycles. The smallest absolute Gasteiger partial charge is 0.312 e. The molecule has 1 aromatic carbocycles. The number of fused-ring (bicyclic) bond motifs is 1. The zero-order valence-electron chi connectivity index (χ0n) is 17.4. The summed E-state index contributed by atoms with van der Waals surface area (Å²) in [4.78, 5) is 30.1. The Labute approximate surface area is 178 Å². The lowest BCUT2D eigenvalue weighted by Crippen LogP contribution is -2.16. The number of nitrogens with zero attached hydrogens (tertiary/aromatic N) is 3. The van der Waals surface area contributed by atoms with Crippen molar-refractivity contribution in [3.63, 3.8) is 0 Å². The molecule has 6 nitrogen and oxygen atoms in total. The van der Waals surface area contributed by atoms with Crippen molar-refractivity contribution in [2.24, 2.45) is 0 Å². The molecule has 4 aromatic rings. The van der Waals surface area contributed by atoms with Crippen LogP contribution in [0.15, 0.2) is 42.0 Å². The second-order valence-corrected chi connectivity index (χ2v) is 8.35. The molecule has 0 atom stereocenters. The zero-order valence-corrected chi connectivity index (χ0v) is 18.2. The van der Waals surface area contributed by atoms with Gasteiger partial charge in [0, 0.05) is 40.4 Å². The van der Waals surface area contributed by atoms with Gasteiger partial charge in [-0.3, -0.25) is 14.0 Å². The first-order valence-corrected chi connectivity index (χ1v) is 10.6. The van der Waals surface area contributed by atoms with E-state index in [0.717, 1.165) is 22.0 Å². The Morgan fingerprint density at radius 3 is 2.63 bits per heavy atom. The molecular formula is C23H23N3O3S. The summed E-state index contributed by atoms with van der Waals surface area (Å²) in [5.74, 6) is -0.672. The third-order valence-corrected chi connectivity index (χ3v) is 6.08. The summed E-state index contributed by atoms with van der Waals surface area (Å²) < 4.78 is 9.15. The molecule has 0 amide bonds. The fourth-order valence-electron chi connectivity index (χ4n) is 3.59. The molecule has 0 aliphatic rings. The summed E-state index contributed by atoms with van der Waals surface area (Å²) in [6.07, 6.45) is 3.73. The number of Topliss-reactive ketones (excluding diaryl/α,β-unsaturated/α-hetero) is 1. The van der Waals surface area contributed by atoms with E-state index >= 15 is 0 Å². The number of hydrogen-bond donors (Lipinski definition) is 0. The summed E-state index contributed by atoms with van der Waals surface area (Å²) in [6.45, 7) is 7.75. The first kappa shape index (κ1) is 20.1. The summed E-state index contributed by atoms with van der Waals surface area (Å²) in [7, 11) is 0. The van der Waals surface area contributed by atoms with E-state index in [9.17, 15) is 9.59 Å². The van der Waals surface area contributed by atoms with Gasteiger partial charge in [-0.1, -0.05) is 6.07 Å². The lowest BCUT2D eigenvalue weighted by atomic mass is 10.1. The Morgan fingerprint density at radius 1 is 1.10 bits per heavy atom. The van der Waals surface area contributed by atoms with E-state index in [1.54, 1.807) is 6.20 Å². The molecule has 0 radical (unpaired) electrons. The standard InChI is InChI=1S/C23H23N3O3S/c1-14-5-6-19(9-15(14)2)26-16(3)10-20(17(26)4)21(27)13-29-22(28)11-18-12-25-7-8-30-23(25)24-18/h5-10,12H,11,13H2,1-4H3. The van der Waals surface area contributed by atoms with Crippen molar-refractivity contribution in [2.75, 3.05) is 6.61 Å². The number of ketones is 1. The predicted octanol–water partition coefficient (Wildman–Crippen LogP) is 4.39. The van der Waals surface area contributed by atoms with Crippen molar-refractivity contribution in [2.45, 2.75) is 34.1 Å². The van der Waals surface area contributed by atoms with Gasteiger partial charge in [0.2, 0.25) is 5.78 Å². The van der Waals surface area contributed by atoms with Gasteiger partial charge in [-0.25, -0.2) is 4.98 Å². The molecule has 3 aromatic heterocycles. The van der Waals surface area contributed by atoms with Crippen molar-refractivity contribution < 1.29 is 14.3 Å². The topological polar surface area (TPSA) is 65.6 Å². The van der Waals surface area contributed by atoms with Crippen LogP contribution in [0.1, 0.15) is 38.6 Å². The van der Waals surface area contributed by atoms with E-state index in [-0.39, 0.29) is 18.8 Å². The summed E-state index contributed by atoms with van der Waals surface area (Å²) in [5.41, 5.74) is 6.44. The fraction of sp³-hybridized carbons (Fsp3) is 0.261. The quantitative estimate of drug-likeness (QED) is 0.342. The molecule has 4 rings (SSSR count). The average molecular weight is 422 g/mol. The van der Waals surface area contributed by atoms with Crippen molar-refractivity contribution >= 4 is 28.1 Å². The normalized spacial score (nSPS) is 11.2. The molecule has 0 saturated carbocycles. The Balaban J connectivity index is 1.45. The van der Waals surface area contributed by atoms with E-state index in [1.807, 2.05) is 42.0 Å². The Bertz CT molecular complexity index is 1230. The molecule has 0 aliphatic heterocycles.